The second kappa shape index (κ2) is 16.4. The Labute approximate surface area is 310 Å². The molecule has 0 saturated carbocycles. The summed E-state index contributed by atoms with van der Waals surface area (Å²) in [6.07, 6.45) is 0.361. The first-order valence-electron chi connectivity index (χ1n) is 17.7. The minimum absolute atomic E-state index is 0.206. The van der Waals surface area contributed by atoms with Crippen LogP contribution in [-0.4, -0.2) is 44.0 Å². The van der Waals surface area contributed by atoms with E-state index in [2.05, 4.69) is 70.5 Å². The second-order valence-electron chi connectivity index (χ2n) is 13.1. The molecule has 0 fully saturated rings. The molecule has 6 aromatic carbocycles. The zero-order valence-corrected chi connectivity index (χ0v) is 30.5. The van der Waals surface area contributed by atoms with Crippen molar-refractivity contribution in [2.75, 3.05) is 30.3 Å². The molecule has 8 nitrogen and oxygen atoms in total. The van der Waals surface area contributed by atoms with E-state index >= 15 is 0 Å². The number of ether oxygens (including phenoxy) is 2. The number of nitrogens with zero attached hydrogens (tertiary/aromatic N) is 2. The Balaban J connectivity index is 1.01. The number of fused-ring (bicyclic) bond motifs is 3. The molecule has 1 atom stereocenters. The summed E-state index contributed by atoms with van der Waals surface area (Å²) in [6, 6.07) is 49.6. The van der Waals surface area contributed by atoms with Gasteiger partial charge in [-0.25, -0.2) is 8.42 Å². The van der Waals surface area contributed by atoms with E-state index in [9.17, 15) is 13.5 Å². The van der Waals surface area contributed by atoms with Crippen molar-refractivity contribution >= 4 is 37.5 Å². The number of aliphatic hydroxyl groups excluding tert-OH is 1. The molecule has 1 aromatic heterocycles. The minimum Gasteiger partial charge on any atom is -0.492 e. The van der Waals surface area contributed by atoms with E-state index < -0.39 is 16.1 Å². The molecular formula is C44H43N3O5S. The number of anilines is 1. The SMILES string of the molecule is CS(=O)(=O)N(Cc1ccccc1)c1cccc([C@@H](O)CNCCOc2ccc3c4cc(OCc5ccccc5)ccc4n(Cc4ccccc4)c3c2)c1. The van der Waals surface area contributed by atoms with Gasteiger partial charge in [0.15, 0.2) is 0 Å². The molecule has 9 heteroatoms. The smallest absolute Gasteiger partial charge is 0.232 e. The molecule has 270 valence electrons. The summed E-state index contributed by atoms with van der Waals surface area (Å²) in [5.74, 6) is 1.57. The lowest BCUT2D eigenvalue weighted by Crippen LogP contribution is -2.29. The van der Waals surface area contributed by atoms with E-state index in [1.165, 1.54) is 16.1 Å². The van der Waals surface area contributed by atoms with Crippen LogP contribution in [0.5, 0.6) is 11.5 Å². The summed E-state index contributed by atoms with van der Waals surface area (Å²) in [5.41, 5.74) is 6.52. The Hall–Kier alpha value is -5.61. The van der Waals surface area contributed by atoms with Gasteiger partial charge in [0.25, 0.3) is 0 Å². The maximum Gasteiger partial charge on any atom is 0.232 e. The van der Waals surface area contributed by atoms with Gasteiger partial charge >= 0.3 is 0 Å². The zero-order chi connectivity index (χ0) is 36.6. The van der Waals surface area contributed by atoms with Crippen LogP contribution in [-0.2, 0) is 29.7 Å². The Kier molecular flexibility index (Phi) is 11.1. The van der Waals surface area contributed by atoms with Crippen LogP contribution < -0.4 is 19.1 Å². The Morgan fingerprint density at radius 3 is 2.06 bits per heavy atom. The molecule has 0 unspecified atom stereocenters. The first kappa shape index (κ1) is 35.8. The fourth-order valence-electron chi connectivity index (χ4n) is 6.55. The van der Waals surface area contributed by atoms with Crippen LogP contribution in [0, 0.1) is 0 Å². The molecule has 7 rings (SSSR count). The number of nitrogens with one attached hydrogen (secondary N) is 1. The van der Waals surface area contributed by atoms with E-state index in [0.29, 0.717) is 37.6 Å². The third-order valence-corrected chi connectivity index (χ3v) is 10.4. The fourth-order valence-corrected chi connectivity index (χ4v) is 7.43. The van der Waals surface area contributed by atoms with Gasteiger partial charge in [-0.1, -0.05) is 103 Å². The van der Waals surface area contributed by atoms with E-state index in [4.69, 9.17) is 9.47 Å². The van der Waals surface area contributed by atoms with Crippen molar-refractivity contribution in [2.24, 2.45) is 0 Å². The number of hydrogen-bond donors (Lipinski definition) is 2. The molecule has 0 aliphatic heterocycles. The highest BCUT2D eigenvalue weighted by molar-refractivity contribution is 7.92. The van der Waals surface area contributed by atoms with Gasteiger partial charge in [0.2, 0.25) is 10.0 Å². The average Bonchev–Trinajstić information content (AvgIpc) is 3.48. The molecule has 53 heavy (non-hydrogen) atoms. The molecule has 7 aromatic rings. The zero-order valence-electron chi connectivity index (χ0n) is 29.6. The topological polar surface area (TPSA) is 93.0 Å². The fraction of sp³-hybridized carbons (Fsp3) is 0.182. The van der Waals surface area contributed by atoms with Crippen molar-refractivity contribution in [2.45, 2.75) is 25.8 Å². The molecule has 0 aliphatic rings. The van der Waals surface area contributed by atoms with Gasteiger partial charge in [0.05, 0.1) is 30.1 Å². The van der Waals surface area contributed by atoms with Gasteiger partial charge in [-0.2, -0.15) is 0 Å². The highest BCUT2D eigenvalue weighted by Crippen LogP contribution is 2.35. The maximum atomic E-state index is 12.7. The Bertz CT molecular complexity index is 2380. The number of benzene rings is 6. The normalized spacial score (nSPS) is 12.2. The third-order valence-electron chi connectivity index (χ3n) is 9.24. The maximum absolute atomic E-state index is 12.7. The van der Waals surface area contributed by atoms with Crippen molar-refractivity contribution in [3.63, 3.8) is 0 Å². The molecular weight excluding hydrogens is 683 g/mol. The van der Waals surface area contributed by atoms with Gasteiger partial charge < -0.3 is 24.5 Å². The van der Waals surface area contributed by atoms with Crippen LogP contribution in [0.15, 0.2) is 152 Å². The predicted octanol–water partition coefficient (Wildman–Crippen LogP) is 8.09. The average molecular weight is 726 g/mol. The highest BCUT2D eigenvalue weighted by atomic mass is 32.2. The lowest BCUT2D eigenvalue weighted by Gasteiger charge is -2.24. The first-order chi connectivity index (χ1) is 25.8. The van der Waals surface area contributed by atoms with Crippen molar-refractivity contribution in [1.82, 2.24) is 9.88 Å². The summed E-state index contributed by atoms with van der Waals surface area (Å²) < 4.78 is 41.5. The monoisotopic (exact) mass is 725 g/mol. The molecule has 2 N–H and O–H groups in total. The van der Waals surface area contributed by atoms with Crippen molar-refractivity contribution in [1.29, 1.82) is 0 Å². The molecule has 0 amide bonds. The lowest BCUT2D eigenvalue weighted by atomic mass is 10.1. The van der Waals surface area contributed by atoms with Crippen molar-refractivity contribution < 1.29 is 23.0 Å². The predicted molar refractivity (Wildman–Crippen MR) is 213 cm³/mol. The summed E-state index contributed by atoms with van der Waals surface area (Å²) in [5, 5.41) is 16.5. The van der Waals surface area contributed by atoms with Gasteiger partial charge in [-0.15, -0.1) is 0 Å². The number of aliphatic hydroxyl groups is 1. The van der Waals surface area contributed by atoms with Crippen LogP contribution in [0.4, 0.5) is 5.69 Å². The van der Waals surface area contributed by atoms with E-state index in [1.54, 1.807) is 24.3 Å². The van der Waals surface area contributed by atoms with Gasteiger partial charge in [-0.05, 0) is 64.7 Å². The first-order valence-corrected chi connectivity index (χ1v) is 19.6. The summed E-state index contributed by atoms with van der Waals surface area (Å²) >= 11 is 0. The van der Waals surface area contributed by atoms with Crippen molar-refractivity contribution in [3.8, 4) is 11.5 Å². The molecule has 0 saturated heterocycles. The van der Waals surface area contributed by atoms with Crippen LogP contribution in [0.2, 0.25) is 0 Å². The standard InChI is InChI=1S/C44H43N3O5S/c1-53(49,50)47(31-34-14-7-3-8-15-34)37-19-11-18-36(26-37)44(48)29-45-24-25-51-39-20-22-40-41-27-38(52-32-35-16-9-4-10-17-35)21-23-42(41)46(43(40)28-39)30-33-12-5-2-6-13-33/h2-23,26-28,44-45,48H,24-25,29-32H2,1H3/t44-/m0/s1. The highest BCUT2D eigenvalue weighted by Gasteiger charge is 2.20. The number of aromatic nitrogens is 1. The van der Waals surface area contributed by atoms with Crippen molar-refractivity contribution in [3.05, 3.63) is 174 Å². The largest absolute Gasteiger partial charge is 0.492 e. The van der Waals surface area contributed by atoms with Gasteiger partial charge in [-0.3, -0.25) is 4.31 Å². The Morgan fingerprint density at radius 2 is 1.34 bits per heavy atom. The minimum atomic E-state index is -3.55. The Morgan fingerprint density at radius 1 is 0.679 bits per heavy atom. The van der Waals surface area contributed by atoms with Crippen LogP contribution in [0.25, 0.3) is 21.8 Å². The van der Waals surface area contributed by atoms with Crippen LogP contribution in [0.1, 0.15) is 28.4 Å². The summed E-state index contributed by atoms with van der Waals surface area (Å²) in [4.78, 5) is 0. The number of rotatable bonds is 16. The van der Waals surface area contributed by atoms with E-state index in [0.717, 1.165) is 44.4 Å². The number of hydrogen-bond acceptors (Lipinski definition) is 6. The molecule has 0 aliphatic carbocycles. The van der Waals surface area contributed by atoms with Crippen LogP contribution >= 0.6 is 0 Å². The quantitative estimate of drug-likeness (QED) is 0.0979. The second-order valence-corrected chi connectivity index (χ2v) is 15.0. The van der Waals surface area contributed by atoms with E-state index in [-0.39, 0.29) is 13.1 Å². The molecule has 0 spiro atoms. The summed E-state index contributed by atoms with van der Waals surface area (Å²) in [7, 11) is -3.55. The molecule has 0 radical (unpaired) electrons. The van der Waals surface area contributed by atoms with E-state index in [1.807, 2.05) is 66.7 Å². The number of sulfonamides is 1. The molecule has 0 bridgehead atoms. The third kappa shape index (κ3) is 8.89. The van der Waals surface area contributed by atoms with Gasteiger partial charge in [0, 0.05) is 42.0 Å². The summed E-state index contributed by atoms with van der Waals surface area (Å²) in [6.45, 7) is 2.60. The lowest BCUT2D eigenvalue weighted by molar-refractivity contribution is 0.172. The van der Waals surface area contributed by atoms with Crippen LogP contribution in [0.3, 0.4) is 0 Å². The van der Waals surface area contributed by atoms with Gasteiger partial charge in [0.1, 0.15) is 24.7 Å². The molecule has 1 heterocycles.